The second-order valence-corrected chi connectivity index (χ2v) is 12.2. The monoisotopic (exact) mass is 547 g/mol. The summed E-state index contributed by atoms with van der Waals surface area (Å²) in [7, 11) is 0. The van der Waals surface area contributed by atoms with Crippen molar-refractivity contribution in [2.45, 2.75) is 62.6 Å². The number of halogens is 1. The molecule has 0 unspecified atom stereocenters. The van der Waals surface area contributed by atoms with Gasteiger partial charge in [0.05, 0.1) is 23.3 Å². The molecule has 1 aliphatic rings. The Bertz CT molecular complexity index is 1410. The van der Waals surface area contributed by atoms with E-state index < -0.39 is 0 Å². The number of fused-ring (bicyclic) bond motifs is 5. The summed E-state index contributed by atoms with van der Waals surface area (Å²) in [6, 6.07) is 7.12. The lowest BCUT2D eigenvalue weighted by Gasteiger charge is -2.33. The minimum atomic E-state index is -0.191. The summed E-state index contributed by atoms with van der Waals surface area (Å²) in [5.74, 6) is 1.01. The van der Waals surface area contributed by atoms with Gasteiger partial charge in [0.1, 0.15) is 4.83 Å². The van der Waals surface area contributed by atoms with E-state index in [4.69, 9.17) is 21.3 Å². The van der Waals surface area contributed by atoms with Crippen LogP contribution in [0.1, 0.15) is 44.1 Å². The molecule has 5 rings (SSSR count). The van der Waals surface area contributed by atoms with Gasteiger partial charge in [0.15, 0.2) is 16.0 Å². The highest BCUT2D eigenvalue weighted by atomic mass is 35.5. The maximum absolute atomic E-state index is 12.6. The number of rotatable bonds is 8. The molecule has 4 heterocycles. The second kappa shape index (κ2) is 10.3. The van der Waals surface area contributed by atoms with Crippen molar-refractivity contribution in [3.63, 3.8) is 0 Å². The molecular weight excluding hydrogens is 522 g/mol. The molecule has 0 aliphatic carbocycles. The molecule has 0 saturated carbocycles. The zero-order chi connectivity index (χ0) is 24.6. The first-order valence-electron chi connectivity index (χ1n) is 11.5. The average molecular weight is 548 g/mol. The Kier molecular flexibility index (Phi) is 7.28. The summed E-state index contributed by atoms with van der Waals surface area (Å²) < 4.78 is 8.20. The number of hydrogen-bond acceptors (Lipinski definition) is 8. The summed E-state index contributed by atoms with van der Waals surface area (Å²) in [6.45, 7) is 7.08. The van der Waals surface area contributed by atoms with E-state index in [2.05, 4.69) is 36.3 Å². The van der Waals surface area contributed by atoms with E-state index in [0.29, 0.717) is 22.5 Å². The Hall–Kier alpha value is -1.85. The van der Waals surface area contributed by atoms with Gasteiger partial charge >= 0.3 is 0 Å². The first-order chi connectivity index (χ1) is 16.9. The average Bonchev–Trinajstić information content (AvgIpc) is 3.42. The number of carbonyl (C=O) groups is 1. The summed E-state index contributed by atoms with van der Waals surface area (Å²) in [5, 5.41) is 15.1. The number of ether oxygens (including phenoxy) is 1. The van der Waals surface area contributed by atoms with Gasteiger partial charge in [-0.05, 0) is 43.5 Å². The van der Waals surface area contributed by atoms with E-state index in [-0.39, 0.29) is 17.3 Å². The summed E-state index contributed by atoms with van der Waals surface area (Å²) in [5.41, 5.74) is 2.56. The van der Waals surface area contributed by atoms with Gasteiger partial charge in [-0.2, -0.15) is 0 Å². The van der Waals surface area contributed by atoms with Crippen LogP contribution in [0.2, 0.25) is 5.02 Å². The highest BCUT2D eigenvalue weighted by molar-refractivity contribution is 8.00. The lowest BCUT2D eigenvalue weighted by Crippen LogP contribution is -2.33. The van der Waals surface area contributed by atoms with Crippen molar-refractivity contribution in [2.75, 3.05) is 16.8 Å². The van der Waals surface area contributed by atoms with Crippen LogP contribution in [0.4, 0.5) is 5.69 Å². The van der Waals surface area contributed by atoms with E-state index in [1.165, 1.54) is 22.2 Å². The fourth-order valence-corrected chi connectivity index (χ4v) is 7.00. The first-order valence-corrected chi connectivity index (χ1v) is 14.7. The number of thioether (sulfide) groups is 2. The first kappa shape index (κ1) is 24.8. The third-order valence-electron chi connectivity index (χ3n) is 6.04. The highest BCUT2D eigenvalue weighted by Gasteiger charge is 2.33. The molecule has 7 nitrogen and oxygen atoms in total. The molecule has 1 atom stereocenters. The molecule has 0 spiro atoms. The number of carbonyl (C=O) groups excluding carboxylic acids is 1. The zero-order valence-electron chi connectivity index (χ0n) is 19.8. The van der Waals surface area contributed by atoms with Gasteiger partial charge in [0.2, 0.25) is 5.91 Å². The molecule has 11 heteroatoms. The lowest BCUT2D eigenvalue weighted by molar-refractivity contribution is -0.113. The molecule has 184 valence electrons. The molecule has 1 aliphatic heterocycles. The number of hydrogen-bond donors (Lipinski definition) is 1. The van der Waals surface area contributed by atoms with Crippen molar-refractivity contribution in [1.82, 2.24) is 19.6 Å². The number of nitrogens with one attached hydrogen (secondary N) is 1. The quantitative estimate of drug-likeness (QED) is 0.200. The van der Waals surface area contributed by atoms with Gasteiger partial charge in [0, 0.05) is 27.8 Å². The molecule has 35 heavy (non-hydrogen) atoms. The van der Waals surface area contributed by atoms with Crippen LogP contribution in [0, 0.1) is 0 Å². The maximum Gasteiger partial charge on any atom is 0.234 e. The molecule has 0 saturated heterocycles. The minimum absolute atomic E-state index is 0.130. The van der Waals surface area contributed by atoms with Gasteiger partial charge < -0.3 is 10.1 Å². The fourth-order valence-electron chi connectivity index (χ4n) is 4.02. The second-order valence-electron chi connectivity index (χ2n) is 8.68. The number of anilines is 1. The van der Waals surface area contributed by atoms with Crippen molar-refractivity contribution in [2.24, 2.45) is 0 Å². The Morgan fingerprint density at radius 1 is 1.29 bits per heavy atom. The number of nitrogens with zero attached hydrogens (tertiary/aromatic N) is 4. The van der Waals surface area contributed by atoms with Crippen LogP contribution in [0.25, 0.3) is 15.9 Å². The fraction of sp³-hybridized carbons (Fsp3) is 0.417. The molecule has 1 N–H and O–H groups in total. The predicted octanol–water partition coefficient (Wildman–Crippen LogP) is 6.47. The van der Waals surface area contributed by atoms with Crippen molar-refractivity contribution in [3.05, 3.63) is 39.7 Å². The summed E-state index contributed by atoms with van der Waals surface area (Å²) in [6.07, 6.45) is 2.80. The van der Waals surface area contributed by atoms with Gasteiger partial charge in [0.25, 0.3) is 0 Å². The van der Waals surface area contributed by atoms with Crippen LogP contribution in [-0.4, -0.2) is 42.6 Å². The van der Waals surface area contributed by atoms with E-state index in [1.807, 2.05) is 10.5 Å². The van der Waals surface area contributed by atoms with Crippen molar-refractivity contribution >= 4 is 73.9 Å². The van der Waals surface area contributed by atoms with Crippen LogP contribution in [0.3, 0.4) is 0 Å². The van der Waals surface area contributed by atoms with Crippen LogP contribution >= 0.6 is 46.5 Å². The van der Waals surface area contributed by atoms with Crippen LogP contribution in [-0.2, 0) is 22.6 Å². The number of benzene rings is 1. The van der Waals surface area contributed by atoms with E-state index in [0.717, 1.165) is 46.0 Å². The van der Waals surface area contributed by atoms with E-state index in [9.17, 15) is 4.79 Å². The molecule has 0 radical (unpaired) electrons. The van der Waals surface area contributed by atoms with Crippen LogP contribution in [0.5, 0.6) is 0 Å². The van der Waals surface area contributed by atoms with Crippen LogP contribution < -0.4 is 5.32 Å². The minimum Gasteiger partial charge on any atom is -0.369 e. The Morgan fingerprint density at radius 2 is 2.14 bits per heavy atom. The third-order valence-corrected chi connectivity index (χ3v) is 9.45. The zero-order valence-corrected chi connectivity index (χ0v) is 23.0. The predicted molar refractivity (Wildman–Crippen MR) is 145 cm³/mol. The molecule has 0 fully saturated rings. The van der Waals surface area contributed by atoms with Gasteiger partial charge in [-0.25, -0.2) is 9.38 Å². The van der Waals surface area contributed by atoms with Gasteiger partial charge in [-0.1, -0.05) is 55.0 Å². The van der Waals surface area contributed by atoms with Crippen LogP contribution in [0.15, 0.2) is 34.6 Å². The summed E-state index contributed by atoms with van der Waals surface area (Å²) >= 11 is 10.8. The highest BCUT2D eigenvalue weighted by Crippen LogP contribution is 2.42. The topological polar surface area (TPSA) is 81.4 Å². The Balaban J connectivity index is 1.49. The van der Waals surface area contributed by atoms with Gasteiger partial charge in [-0.15, -0.1) is 21.5 Å². The smallest absolute Gasteiger partial charge is 0.234 e. The Labute approximate surface area is 221 Å². The molecule has 1 aromatic carbocycles. The molecular formula is C24H26ClN5O2S3. The van der Waals surface area contributed by atoms with Crippen molar-refractivity contribution < 1.29 is 9.53 Å². The summed E-state index contributed by atoms with van der Waals surface area (Å²) in [4.78, 5) is 19.8. The number of aromatic nitrogens is 4. The molecule has 4 aromatic rings. The maximum atomic E-state index is 12.6. The van der Waals surface area contributed by atoms with E-state index in [1.54, 1.807) is 41.3 Å². The molecule has 1 amide bonds. The standard InChI is InChI=1S/C24H26ClN5O2S3/c1-4-9-33-22-27-21-19(16-11-24(3,5-2)32-12-17(16)35-21)20-28-29-23(30(20)22)34-13-18(31)26-15-8-6-7-14(25)10-15/h6-8,10H,4-5,9,11-13H2,1-3H3,(H,26,31)/t24-/m1/s1. The third kappa shape index (κ3) is 5.04. The van der Waals surface area contributed by atoms with Gasteiger partial charge in [-0.3, -0.25) is 4.79 Å². The van der Waals surface area contributed by atoms with Crippen molar-refractivity contribution in [3.8, 4) is 0 Å². The molecule has 0 bridgehead atoms. The number of amides is 1. The number of thiophene rings is 1. The molecule has 3 aromatic heterocycles. The Morgan fingerprint density at radius 3 is 2.91 bits per heavy atom. The van der Waals surface area contributed by atoms with Crippen molar-refractivity contribution in [1.29, 1.82) is 0 Å². The lowest BCUT2D eigenvalue weighted by atomic mass is 9.90. The van der Waals surface area contributed by atoms with E-state index >= 15 is 0 Å². The largest absolute Gasteiger partial charge is 0.369 e. The normalized spacial score (nSPS) is 17.7. The SMILES string of the molecule is CCCSc1nc2sc3c(c2c2nnc(SCC(=O)Nc4cccc(Cl)c4)n12)C[C@@](C)(CC)OC3.